The van der Waals surface area contributed by atoms with Crippen molar-refractivity contribution in [3.05, 3.63) is 17.7 Å². The van der Waals surface area contributed by atoms with Gasteiger partial charge in [0.1, 0.15) is 5.75 Å². The Morgan fingerprint density at radius 1 is 1.32 bits per heavy atom. The molecule has 12 heteroatoms. The lowest BCUT2D eigenvalue weighted by Gasteiger charge is -2.41. The fraction of sp³-hybridized carbons (Fsp3) is 0.462. The Morgan fingerprint density at radius 3 is 2.52 bits per heavy atom. The van der Waals surface area contributed by atoms with E-state index in [2.05, 4.69) is 4.74 Å². The summed E-state index contributed by atoms with van der Waals surface area (Å²) in [4.78, 5) is 12.2. The fourth-order valence-corrected chi connectivity index (χ4v) is 4.81. The van der Waals surface area contributed by atoms with Crippen molar-refractivity contribution in [2.24, 2.45) is 0 Å². The first-order valence-electron chi connectivity index (χ1n) is 6.91. The van der Waals surface area contributed by atoms with Crippen molar-refractivity contribution in [2.45, 2.75) is 18.7 Å². The minimum absolute atomic E-state index is 0.00934. The molecule has 1 aromatic carbocycles. The Morgan fingerprint density at radius 2 is 1.96 bits per heavy atom. The van der Waals surface area contributed by atoms with Gasteiger partial charge in [-0.2, -0.15) is 13.2 Å². The molecule has 0 saturated carbocycles. The summed E-state index contributed by atoms with van der Waals surface area (Å²) in [5.74, 6) is -1.87. The Labute approximate surface area is 145 Å². The molecule has 0 fully saturated rings. The highest BCUT2D eigenvalue weighted by atomic mass is 32.5. The van der Waals surface area contributed by atoms with Gasteiger partial charge in [-0.3, -0.25) is 9.05 Å². The highest BCUT2D eigenvalue weighted by Crippen LogP contribution is 2.65. The van der Waals surface area contributed by atoms with Crippen molar-refractivity contribution in [3.63, 3.8) is 0 Å². The van der Waals surface area contributed by atoms with E-state index in [0.717, 1.165) is 19.2 Å². The highest BCUT2D eigenvalue weighted by Gasteiger charge is 2.70. The number of hydrogen-bond donors (Lipinski definition) is 0. The van der Waals surface area contributed by atoms with Gasteiger partial charge in [0.15, 0.2) is 11.5 Å². The van der Waals surface area contributed by atoms with Crippen LogP contribution < -0.4 is 14.0 Å². The summed E-state index contributed by atoms with van der Waals surface area (Å²) in [7, 11) is 0.811. The molecule has 0 bridgehead atoms. The lowest BCUT2D eigenvalue weighted by atomic mass is 9.91. The van der Waals surface area contributed by atoms with Crippen molar-refractivity contribution in [2.75, 3.05) is 20.5 Å². The molecule has 0 amide bonds. The van der Waals surface area contributed by atoms with Crippen molar-refractivity contribution in [1.29, 1.82) is 0 Å². The van der Waals surface area contributed by atoms with E-state index < -0.39 is 30.0 Å². The molecule has 0 aromatic heterocycles. The number of halogens is 3. The third-order valence-corrected chi connectivity index (χ3v) is 5.73. The molecular formula is C13H12F3O7PS. The van der Waals surface area contributed by atoms with Crippen LogP contribution in [0.5, 0.6) is 17.2 Å². The summed E-state index contributed by atoms with van der Waals surface area (Å²) in [6.45, 7) is -2.70. The van der Waals surface area contributed by atoms with Gasteiger partial charge in [0, 0.05) is 17.9 Å². The minimum atomic E-state index is -5.20. The summed E-state index contributed by atoms with van der Waals surface area (Å²) in [5, 5.41) is 0. The topological polar surface area (TPSA) is 72.5 Å². The van der Waals surface area contributed by atoms with E-state index in [1.165, 1.54) is 6.92 Å². The van der Waals surface area contributed by atoms with Gasteiger partial charge in [-0.15, -0.1) is 0 Å². The molecule has 0 aliphatic carbocycles. The Bertz CT molecular complexity index is 769. The van der Waals surface area contributed by atoms with Gasteiger partial charge in [0.2, 0.25) is 6.79 Å². The van der Waals surface area contributed by atoms with Crippen molar-refractivity contribution >= 4 is 24.5 Å². The maximum absolute atomic E-state index is 14.0. The number of ether oxygens (including phenoxy) is 3. The Hall–Kier alpha value is -1.55. The summed E-state index contributed by atoms with van der Waals surface area (Å²) >= 11 is 5.01. The summed E-state index contributed by atoms with van der Waals surface area (Å²) in [6.07, 6.45) is -5.20. The fourth-order valence-electron chi connectivity index (χ4n) is 2.45. The van der Waals surface area contributed by atoms with Crippen molar-refractivity contribution in [3.8, 4) is 17.2 Å². The molecule has 2 heterocycles. The van der Waals surface area contributed by atoms with Crippen LogP contribution in [0, 0.1) is 0 Å². The number of hydrogen-bond acceptors (Lipinski definition) is 8. The molecular weight excluding hydrogens is 388 g/mol. The molecule has 2 aliphatic heterocycles. The summed E-state index contributed by atoms with van der Waals surface area (Å²) in [6, 6.07) is 2.12. The van der Waals surface area contributed by atoms with E-state index in [0.29, 0.717) is 0 Å². The third-order valence-electron chi connectivity index (χ3n) is 3.47. The molecule has 3 rings (SSSR count). The van der Waals surface area contributed by atoms with Crippen LogP contribution >= 0.6 is 6.72 Å². The molecule has 25 heavy (non-hydrogen) atoms. The van der Waals surface area contributed by atoms with Gasteiger partial charge < -0.3 is 18.7 Å². The summed E-state index contributed by atoms with van der Waals surface area (Å²) < 4.78 is 72.1. The van der Waals surface area contributed by atoms with E-state index in [1.807, 2.05) is 0 Å². The first kappa shape index (κ1) is 18.2. The van der Waals surface area contributed by atoms with Gasteiger partial charge in [0.25, 0.3) is 5.60 Å². The van der Waals surface area contributed by atoms with Crippen LogP contribution in [0.25, 0.3) is 0 Å². The van der Waals surface area contributed by atoms with E-state index in [9.17, 15) is 18.0 Å². The lowest BCUT2D eigenvalue weighted by molar-refractivity contribution is -0.261. The zero-order valence-electron chi connectivity index (χ0n) is 12.9. The molecule has 0 unspecified atom stereocenters. The number of carbonyl (C=O) groups excluding carboxylic acids is 1. The maximum atomic E-state index is 14.0. The molecule has 0 radical (unpaired) electrons. The van der Waals surface area contributed by atoms with Crippen LogP contribution in [-0.4, -0.2) is 32.7 Å². The van der Waals surface area contributed by atoms with E-state index in [-0.39, 0.29) is 30.6 Å². The second-order valence-electron chi connectivity index (χ2n) is 4.92. The van der Waals surface area contributed by atoms with Gasteiger partial charge in [-0.1, -0.05) is 0 Å². The van der Waals surface area contributed by atoms with Gasteiger partial charge in [0.05, 0.1) is 19.3 Å². The predicted molar refractivity (Wildman–Crippen MR) is 79.9 cm³/mol. The lowest BCUT2D eigenvalue weighted by Crippen LogP contribution is -2.53. The Kier molecular flexibility index (Phi) is 4.39. The largest absolute Gasteiger partial charge is 0.466 e. The van der Waals surface area contributed by atoms with Gasteiger partial charge in [-0.25, -0.2) is 4.79 Å². The smallest absolute Gasteiger partial charge is 0.433 e. The molecule has 1 aromatic rings. The van der Waals surface area contributed by atoms with Crippen LogP contribution in [0.4, 0.5) is 13.2 Å². The highest BCUT2D eigenvalue weighted by molar-refractivity contribution is 8.07. The number of benzene rings is 1. The average molecular weight is 400 g/mol. The number of methoxy groups -OCH3 is 1. The zero-order valence-corrected chi connectivity index (χ0v) is 14.6. The molecule has 0 spiro atoms. The SMILES string of the molecule is CCO[P@]1(=S)Oc2cc3c(cc2[C@](C(=O)OC)(C(F)(F)F)O1)OCO3. The molecule has 0 saturated heterocycles. The average Bonchev–Trinajstić information content (AvgIpc) is 2.97. The first-order valence-corrected chi connectivity index (χ1v) is 9.46. The van der Waals surface area contributed by atoms with E-state index >= 15 is 0 Å². The van der Waals surface area contributed by atoms with E-state index in [4.69, 9.17) is 34.9 Å². The van der Waals surface area contributed by atoms with Crippen LogP contribution in [0.2, 0.25) is 0 Å². The second-order valence-corrected chi connectivity index (χ2v) is 7.78. The number of fused-ring (bicyclic) bond motifs is 2. The molecule has 7 nitrogen and oxygen atoms in total. The predicted octanol–water partition coefficient (Wildman–Crippen LogP) is 3.02. The first-order chi connectivity index (χ1) is 11.7. The van der Waals surface area contributed by atoms with E-state index in [1.54, 1.807) is 0 Å². The Balaban J connectivity index is 2.30. The normalized spacial score (nSPS) is 27.4. The zero-order chi connectivity index (χ0) is 18.5. The van der Waals surface area contributed by atoms with Crippen molar-refractivity contribution < 1.29 is 45.7 Å². The van der Waals surface area contributed by atoms with Crippen molar-refractivity contribution in [1.82, 2.24) is 0 Å². The monoisotopic (exact) mass is 400 g/mol. The maximum Gasteiger partial charge on any atom is 0.433 e. The molecule has 138 valence electrons. The second kappa shape index (κ2) is 6.01. The van der Waals surface area contributed by atoms with Gasteiger partial charge >= 0.3 is 18.9 Å². The number of rotatable bonds is 3. The molecule has 0 N–H and O–H groups in total. The molecule has 2 atom stereocenters. The van der Waals surface area contributed by atoms with Crippen LogP contribution in [-0.2, 0) is 36.0 Å². The van der Waals surface area contributed by atoms with Crippen LogP contribution in [0.3, 0.4) is 0 Å². The van der Waals surface area contributed by atoms with Crippen LogP contribution in [0.1, 0.15) is 12.5 Å². The standard InChI is InChI=1S/C13H12F3O7PS/c1-3-21-24(25)22-8-5-10-9(19-6-20-10)4-7(8)12(23-24,11(17)18-2)13(14,15)16/h4-5H,3,6H2,1-2H3/t12-,24-/m0/s1. The number of alkyl halides is 3. The minimum Gasteiger partial charge on any atom is -0.466 e. The molecule has 2 aliphatic rings. The number of carbonyl (C=O) groups is 1. The third kappa shape index (κ3) is 2.75. The van der Waals surface area contributed by atoms with Crippen LogP contribution in [0.15, 0.2) is 12.1 Å². The number of esters is 1. The quantitative estimate of drug-likeness (QED) is 0.567. The van der Waals surface area contributed by atoms with Gasteiger partial charge in [-0.05, 0) is 13.0 Å². The summed E-state index contributed by atoms with van der Waals surface area (Å²) in [5.41, 5.74) is -4.14.